The predicted molar refractivity (Wildman–Crippen MR) is 81.5 cm³/mol. The van der Waals surface area contributed by atoms with E-state index in [1.165, 1.54) is 0 Å². The van der Waals surface area contributed by atoms with Crippen LogP contribution in [0, 0.1) is 6.92 Å². The summed E-state index contributed by atoms with van der Waals surface area (Å²) in [6.07, 6.45) is 1.09. The Bertz CT molecular complexity index is 600. The fraction of sp³-hybridized carbons (Fsp3) is 0.462. The smallest absolute Gasteiger partial charge is 0.239 e. The molecule has 1 N–H and O–H groups in total. The van der Waals surface area contributed by atoms with Crippen molar-refractivity contribution in [2.75, 3.05) is 18.1 Å². The lowest BCUT2D eigenvalue weighted by Crippen LogP contribution is -2.41. The lowest BCUT2D eigenvalue weighted by atomic mass is 10.2. The van der Waals surface area contributed by atoms with Gasteiger partial charge in [0, 0.05) is 16.8 Å². The third kappa shape index (κ3) is 4.47. The molecule has 0 unspecified atom stereocenters. The fourth-order valence-electron chi connectivity index (χ4n) is 1.76. The SMILES string of the molecule is Cc1c(Cl)cccc1NC(=O)CN(C(C)C)S(C)(=O)=O. The molecule has 1 rings (SSSR count). The maximum atomic E-state index is 12.0. The van der Waals surface area contributed by atoms with Crippen molar-refractivity contribution in [3.63, 3.8) is 0 Å². The van der Waals surface area contributed by atoms with Gasteiger partial charge >= 0.3 is 0 Å². The van der Waals surface area contributed by atoms with Gasteiger partial charge in [-0.2, -0.15) is 4.31 Å². The number of carbonyl (C=O) groups excluding carboxylic acids is 1. The van der Waals surface area contributed by atoms with Crippen molar-refractivity contribution in [3.8, 4) is 0 Å². The molecule has 0 bridgehead atoms. The lowest BCUT2D eigenvalue weighted by Gasteiger charge is -2.23. The fourth-order valence-corrected chi connectivity index (χ4v) is 3.05. The molecular weight excluding hydrogens is 300 g/mol. The molecule has 0 saturated heterocycles. The highest BCUT2D eigenvalue weighted by molar-refractivity contribution is 7.88. The van der Waals surface area contributed by atoms with Crippen molar-refractivity contribution in [2.24, 2.45) is 0 Å². The highest BCUT2D eigenvalue weighted by atomic mass is 35.5. The zero-order valence-corrected chi connectivity index (χ0v) is 13.5. The van der Waals surface area contributed by atoms with Gasteiger partial charge < -0.3 is 5.32 Å². The Kier molecular flexibility index (Phi) is 5.56. The molecule has 0 radical (unpaired) electrons. The van der Waals surface area contributed by atoms with Crippen LogP contribution in [0.3, 0.4) is 0 Å². The van der Waals surface area contributed by atoms with Gasteiger partial charge in [0.05, 0.1) is 12.8 Å². The summed E-state index contributed by atoms with van der Waals surface area (Å²) < 4.78 is 24.4. The Morgan fingerprint density at radius 1 is 1.40 bits per heavy atom. The molecule has 7 heteroatoms. The molecule has 1 amide bonds. The first-order chi connectivity index (χ1) is 9.12. The Balaban J connectivity index is 2.84. The van der Waals surface area contributed by atoms with E-state index in [0.717, 1.165) is 16.1 Å². The number of benzene rings is 1. The molecule has 0 heterocycles. The number of sulfonamides is 1. The summed E-state index contributed by atoms with van der Waals surface area (Å²) in [6.45, 7) is 5.01. The van der Waals surface area contributed by atoms with Gasteiger partial charge in [0.15, 0.2) is 0 Å². The molecule has 1 aromatic carbocycles. The van der Waals surface area contributed by atoms with Gasteiger partial charge in [0.2, 0.25) is 15.9 Å². The average molecular weight is 319 g/mol. The van der Waals surface area contributed by atoms with Crippen molar-refractivity contribution < 1.29 is 13.2 Å². The summed E-state index contributed by atoms with van der Waals surface area (Å²) in [5, 5.41) is 3.23. The molecule has 0 aliphatic rings. The summed E-state index contributed by atoms with van der Waals surface area (Å²) in [5.41, 5.74) is 1.33. The van der Waals surface area contributed by atoms with Gasteiger partial charge in [-0.3, -0.25) is 4.79 Å². The van der Waals surface area contributed by atoms with Gasteiger partial charge in [-0.15, -0.1) is 0 Å². The minimum Gasteiger partial charge on any atom is -0.325 e. The largest absolute Gasteiger partial charge is 0.325 e. The van der Waals surface area contributed by atoms with E-state index < -0.39 is 15.9 Å². The standard InChI is InChI=1S/C13H19ClN2O3S/c1-9(2)16(20(4,18)19)8-13(17)15-12-7-5-6-11(14)10(12)3/h5-7,9H,8H2,1-4H3,(H,15,17). The highest BCUT2D eigenvalue weighted by Crippen LogP contribution is 2.22. The molecule has 0 aromatic heterocycles. The van der Waals surface area contributed by atoms with E-state index >= 15 is 0 Å². The first-order valence-corrected chi connectivity index (χ1v) is 8.37. The summed E-state index contributed by atoms with van der Waals surface area (Å²) in [7, 11) is -3.42. The minimum atomic E-state index is -3.42. The maximum absolute atomic E-state index is 12.0. The number of rotatable bonds is 5. The van der Waals surface area contributed by atoms with Gasteiger partial charge in [-0.1, -0.05) is 17.7 Å². The van der Waals surface area contributed by atoms with Crippen LogP contribution in [0.4, 0.5) is 5.69 Å². The second kappa shape index (κ2) is 6.56. The van der Waals surface area contributed by atoms with Crippen LogP contribution in [0.1, 0.15) is 19.4 Å². The van der Waals surface area contributed by atoms with Crippen LogP contribution in [0.2, 0.25) is 5.02 Å². The van der Waals surface area contributed by atoms with Crippen LogP contribution in [0.5, 0.6) is 0 Å². The number of anilines is 1. The van der Waals surface area contributed by atoms with Gasteiger partial charge in [0.1, 0.15) is 0 Å². The molecule has 0 saturated carbocycles. The Morgan fingerprint density at radius 2 is 2.00 bits per heavy atom. The molecule has 5 nitrogen and oxygen atoms in total. The molecule has 0 atom stereocenters. The van der Waals surface area contributed by atoms with Crippen LogP contribution in [0.25, 0.3) is 0 Å². The molecule has 0 spiro atoms. The van der Waals surface area contributed by atoms with E-state index in [4.69, 9.17) is 11.6 Å². The van der Waals surface area contributed by atoms with Crippen LogP contribution in [-0.4, -0.2) is 37.5 Å². The summed E-state index contributed by atoms with van der Waals surface area (Å²) in [5.74, 6) is -0.394. The molecule has 0 aliphatic heterocycles. The van der Waals surface area contributed by atoms with Crippen molar-refractivity contribution >= 4 is 33.2 Å². The molecule has 1 aromatic rings. The lowest BCUT2D eigenvalue weighted by molar-refractivity contribution is -0.116. The molecule has 20 heavy (non-hydrogen) atoms. The zero-order valence-electron chi connectivity index (χ0n) is 12.0. The van der Waals surface area contributed by atoms with Gasteiger partial charge in [0.25, 0.3) is 0 Å². The van der Waals surface area contributed by atoms with E-state index in [-0.39, 0.29) is 12.6 Å². The second-order valence-corrected chi connectivity index (χ2v) is 7.20. The van der Waals surface area contributed by atoms with Crippen LogP contribution >= 0.6 is 11.6 Å². The van der Waals surface area contributed by atoms with Gasteiger partial charge in [-0.05, 0) is 38.5 Å². The van der Waals surface area contributed by atoms with Crippen molar-refractivity contribution in [3.05, 3.63) is 28.8 Å². The second-order valence-electron chi connectivity index (χ2n) is 4.86. The highest BCUT2D eigenvalue weighted by Gasteiger charge is 2.23. The molecule has 0 fully saturated rings. The minimum absolute atomic E-state index is 0.220. The number of hydrogen-bond donors (Lipinski definition) is 1. The number of amides is 1. The van der Waals surface area contributed by atoms with Gasteiger partial charge in [-0.25, -0.2) is 8.42 Å². The number of carbonyl (C=O) groups is 1. The monoisotopic (exact) mass is 318 g/mol. The number of halogens is 1. The number of nitrogens with zero attached hydrogens (tertiary/aromatic N) is 1. The van der Waals surface area contributed by atoms with E-state index in [2.05, 4.69) is 5.32 Å². The zero-order chi connectivity index (χ0) is 15.5. The summed E-state index contributed by atoms with van der Waals surface area (Å²) in [6, 6.07) is 4.89. The third-order valence-corrected chi connectivity index (χ3v) is 4.66. The Hall–Kier alpha value is -1.11. The molecule has 0 aliphatic carbocycles. The maximum Gasteiger partial charge on any atom is 0.239 e. The third-order valence-electron chi connectivity index (χ3n) is 2.84. The van der Waals surface area contributed by atoms with E-state index in [1.807, 2.05) is 0 Å². The quantitative estimate of drug-likeness (QED) is 0.905. The first kappa shape index (κ1) is 16.9. The van der Waals surface area contributed by atoms with Crippen LogP contribution < -0.4 is 5.32 Å². The molecular formula is C13H19ClN2O3S. The van der Waals surface area contributed by atoms with E-state index in [9.17, 15) is 13.2 Å². The summed E-state index contributed by atoms with van der Waals surface area (Å²) in [4.78, 5) is 12.0. The first-order valence-electron chi connectivity index (χ1n) is 6.14. The number of hydrogen-bond acceptors (Lipinski definition) is 3. The van der Waals surface area contributed by atoms with Crippen molar-refractivity contribution in [1.29, 1.82) is 0 Å². The average Bonchev–Trinajstić information content (AvgIpc) is 2.30. The van der Waals surface area contributed by atoms with Crippen molar-refractivity contribution in [2.45, 2.75) is 26.8 Å². The molecule has 112 valence electrons. The number of nitrogens with one attached hydrogen (secondary N) is 1. The Labute approximate surface area is 125 Å². The van der Waals surface area contributed by atoms with Crippen LogP contribution in [-0.2, 0) is 14.8 Å². The topological polar surface area (TPSA) is 66.5 Å². The predicted octanol–water partition coefficient (Wildman–Crippen LogP) is 2.26. The normalized spacial score (nSPS) is 11.9. The Morgan fingerprint density at radius 3 is 2.50 bits per heavy atom. The van der Waals surface area contributed by atoms with E-state index in [0.29, 0.717) is 10.7 Å². The van der Waals surface area contributed by atoms with Crippen LogP contribution in [0.15, 0.2) is 18.2 Å². The van der Waals surface area contributed by atoms with Crippen molar-refractivity contribution in [1.82, 2.24) is 4.31 Å². The summed E-state index contributed by atoms with van der Waals surface area (Å²) >= 11 is 5.97. The van der Waals surface area contributed by atoms with E-state index in [1.54, 1.807) is 39.0 Å².